The van der Waals surface area contributed by atoms with Crippen LogP contribution in [0.2, 0.25) is 0 Å². The molecule has 2 aliphatic rings. The molecule has 1 aromatic heterocycles. The molecule has 7 nitrogen and oxygen atoms in total. The van der Waals surface area contributed by atoms with Crippen molar-refractivity contribution in [3.8, 4) is 11.3 Å². The predicted octanol–water partition coefficient (Wildman–Crippen LogP) is 2.66. The molecule has 132 valence electrons. The van der Waals surface area contributed by atoms with Crippen molar-refractivity contribution in [3.05, 3.63) is 53.7 Å². The molecule has 2 unspecified atom stereocenters. The summed E-state index contributed by atoms with van der Waals surface area (Å²) in [7, 11) is 1.76. The van der Waals surface area contributed by atoms with Gasteiger partial charge in [-0.05, 0) is 30.9 Å². The second kappa shape index (κ2) is 6.67. The summed E-state index contributed by atoms with van der Waals surface area (Å²) < 4.78 is 1.60. The molecule has 7 heteroatoms. The highest BCUT2D eigenvalue weighted by atomic mass is 16.2. The first kappa shape index (κ1) is 16.4. The zero-order valence-electron chi connectivity index (χ0n) is 14.4. The molecule has 1 saturated carbocycles. The average molecular weight is 349 g/mol. The van der Waals surface area contributed by atoms with E-state index < -0.39 is 0 Å². The monoisotopic (exact) mass is 349 g/mol. The first-order chi connectivity index (χ1) is 12.6. The molecule has 1 aliphatic carbocycles. The lowest BCUT2D eigenvalue weighted by atomic mass is 9.86. The lowest BCUT2D eigenvalue weighted by Gasteiger charge is -2.29. The van der Waals surface area contributed by atoms with Crippen LogP contribution < -0.4 is 5.32 Å². The number of amides is 2. The number of benzene rings is 1. The van der Waals surface area contributed by atoms with E-state index in [2.05, 4.69) is 20.6 Å². The van der Waals surface area contributed by atoms with Gasteiger partial charge in [0.2, 0.25) is 0 Å². The van der Waals surface area contributed by atoms with E-state index in [1.807, 2.05) is 30.3 Å². The van der Waals surface area contributed by atoms with Gasteiger partial charge in [-0.15, -0.1) is 5.11 Å². The van der Waals surface area contributed by atoms with Gasteiger partial charge >= 0.3 is 0 Å². The van der Waals surface area contributed by atoms with Crippen LogP contribution in [0, 0.1) is 0 Å². The third-order valence-corrected chi connectivity index (χ3v) is 4.82. The summed E-state index contributed by atoms with van der Waals surface area (Å²) in [5.41, 5.74) is 3.21. The van der Waals surface area contributed by atoms with Gasteiger partial charge in [-0.1, -0.05) is 30.3 Å². The minimum Gasteiger partial charge on any atom is -0.348 e. The van der Waals surface area contributed by atoms with E-state index in [1.165, 1.54) is 0 Å². The van der Waals surface area contributed by atoms with Gasteiger partial charge in [-0.2, -0.15) is 10.2 Å². The van der Waals surface area contributed by atoms with Gasteiger partial charge in [0.15, 0.2) is 0 Å². The molecule has 2 heterocycles. The third kappa shape index (κ3) is 3.20. The Labute approximate surface area is 150 Å². The minimum atomic E-state index is -0.317. The van der Waals surface area contributed by atoms with E-state index >= 15 is 0 Å². The van der Waals surface area contributed by atoms with Gasteiger partial charge < -0.3 is 5.32 Å². The summed E-state index contributed by atoms with van der Waals surface area (Å²) in [6.45, 7) is 0. The summed E-state index contributed by atoms with van der Waals surface area (Å²) in [5, 5.41) is 15.1. The van der Waals surface area contributed by atoms with Crippen LogP contribution in [0.3, 0.4) is 0 Å². The van der Waals surface area contributed by atoms with Crippen LogP contribution in [-0.4, -0.2) is 33.7 Å². The fraction of sp³-hybridized carbons (Fsp3) is 0.316. The van der Waals surface area contributed by atoms with Crippen molar-refractivity contribution in [1.82, 2.24) is 15.1 Å². The smallest absolute Gasteiger partial charge is 0.287 e. The summed E-state index contributed by atoms with van der Waals surface area (Å²) in [6.07, 6.45) is 3.77. The van der Waals surface area contributed by atoms with E-state index in [0.717, 1.165) is 29.7 Å². The molecule has 1 aliphatic heterocycles. The van der Waals surface area contributed by atoms with Gasteiger partial charge in [-0.25, -0.2) is 0 Å². The second-order valence-corrected chi connectivity index (χ2v) is 6.65. The zero-order chi connectivity index (χ0) is 18.1. The minimum absolute atomic E-state index is 0.0118. The molecule has 0 saturated heterocycles. The maximum absolute atomic E-state index is 12.7. The molecule has 2 atom stereocenters. The number of aryl methyl sites for hydroxylation is 1. The van der Waals surface area contributed by atoms with Crippen LogP contribution in [0.5, 0.6) is 0 Å². The summed E-state index contributed by atoms with van der Waals surface area (Å²) in [4.78, 5) is 24.1. The molecule has 0 spiro atoms. The summed E-state index contributed by atoms with van der Waals surface area (Å²) in [5.74, 6) is -0.475. The van der Waals surface area contributed by atoms with E-state index in [0.29, 0.717) is 12.1 Å². The van der Waals surface area contributed by atoms with Crippen LogP contribution in [0.25, 0.3) is 11.3 Å². The largest absolute Gasteiger partial charge is 0.348 e. The molecule has 4 rings (SSSR count). The van der Waals surface area contributed by atoms with E-state index in [1.54, 1.807) is 23.9 Å². The highest BCUT2D eigenvalue weighted by Crippen LogP contribution is 2.29. The average Bonchev–Trinajstić information content (AvgIpc) is 3.04. The molecule has 2 aromatic rings. The Bertz CT molecular complexity index is 913. The Morgan fingerprint density at radius 3 is 2.85 bits per heavy atom. The number of hydrogen-bond donors (Lipinski definition) is 1. The Morgan fingerprint density at radius 1 is 1.23 bits per heavy atom. The maximum atomic E-state index is 12.7. The van der Waals surface area contributed by atoms with Crippen molar-refractivity contribution in [1.29, 1.82) is 0 Å². The lowest BCUT2D eigenvalue weighted by Crippen LogP contribution is -2.40. The number of aromatic nitrogens is 2. The zero-order valence-corrected chi connectivity index (χ0v) is 14.4. The molecule has 26 heavy (non-hydrogen) atoms. The van der Waals surface area contributed by atoms with Crippen molar-refractivity contribution >= 4 is 11.8 Å². The number of rotatable bonds is 3. The highest BCUT2D eigenvalue weighted by molar-refractivity contribution is 5.94. The molecular weight excluding hydrogens is 330 g/mol. The predicted molar refractivity (Wildman–Crippen MR) is 95.5 cm³/mol. The van der Waals surface area contributed by atoms with Crippen molar-refractivity contribution in [2.75, 3.05) is 0 Å². The molecule has 1 N–H and O–H groups in total. The van der Waals surface area contributed by atoms with E-state index in [4.69, 9.17) is 0 Å². The van der Waals surface area contributed by atoms with E-state index in [9.17, 15) is 9.59 Å². The molecular formula is C19H19N5O2. The Hall–Kier alpha value is -3.09. The molecule has 1 fully saturated rings. The van der Waals surface area contributed by atoms with Crippen LogP contribution in [0.1, 0.15) is 29.8 Å². The van der Waals surface area contributed by atoms with Crippen LogP contribution in [0.15, 0.2) is 58.3 Å². The van der Waals surface area contributed by atoms with Gasteiger partial charge in [0.1, 0.15) is 5.69 Å². The number of azo groups is 1. The van der Waals surface area contributed by atoms with Gasteiger partial charge in [-0.3, -0.25) is 14.3 Å². The molecule has 2 amide bonds. The Kier molecular flexibility index (Phi) is 4.20. The van der Waals surface area contributed by atoms with Crippen molar-refractivity contribution in [3.63, 3.8) is 0 Å². The number of fused-ring (bicyclic) bond motifs is 1. The number of nitrogens with one attached hydrogen (secondary N) is 1. The number of hydrogen-bond acceptors (Lipinski definition) is 4. The quantitative estimate of drug-likeness (QED) is 0.924. The van der Waals surface area contributed by atoms with Crippen LogP contribution in [0.4, 0.5) is 0 Å². The Morgan fingerprint density at radius 2 is 2.04 bits per heavy atom. The number of nitrogens with zero attached hydrogens (tertiary/aromatic N) is 4. The standard InChI is InChI=1S/C19H19N5O2/c1-24-17(11-16(23-24)12-5-3-2-4-6-12)19(26)20-14-7-8-15-13(9-14)10-18(25)22-21-15/h2-6,10-11,14-15H,7-9H2,1H3,(H,20,26). The van der Waals surface area contributed by atoms with E-state index in [-0.39, 0.29) is 23.9 Å². The summed E-state index contributed by atoms with van der Waals surface area (Å²) in [6, 6.07) is 11.5. The summed E-state index contributed by atoms with van der Waals surface area (Å²) >= 11 is 0. The van der Waals surface area contributed by atoms with Gasteiger partial charge in [0.05, 0.1) is 11.7 Å². The molecule has 0 bridgehead atoms. The number of carbonyl (C=O) groups is 2. The number of carbonyl (C=O) groups excluding carboxylic acids is 2. The first-order valence-corrected chi connectivity index (χ1v) is 8.66. The third-order valence-electron chi connectivity index (χ3n) is 4.82. The van der Waals surface area contributed by atoms with Gasteiger partial charge in [0.25, 0.3) is 11.8 Å². The normalized spacial score (nSPS) is 21.9. The SMILES string of the molecule is Cn1nc(-c2ccccc2)cc1C(=O)NC1CCC2N=NC(=O)C=C2C1. The molecule has 1 aromatic carbocycles. The first-order valence-electron chi connectivity index (χ1n) is 8.66. The van der Waals surface area contributed by atoms with Crippen LogP contribution in [-0.2, 0) is 11.8 Å². The second-order valence-electron chi connectivity index (χ2n) is 6.65. The fourth-order valence-electron chi connectivity index (χ4n) is 3.48. The van der Waals surface area contributed by atoms with Crippen molar-refractivity contribution < 1.29 is 9.59 Å². The van der Waals surface area contributed by atoms with Crippen LogP contribution >= 0.6 is 0 Å². The molecule has 0 radical (unpaired) electrons. The fourth-order valence-corrected chi connectivity index (χ4v) is 3.48. The lowest BCUT2D eigenvalue weighted by molar-refractivity contribution is -0.114. The van der Waals surface area contributed by atoms with Crippen molar-refractivity contribution in [2.45, 2.75) is 31.3 Å². The Balaban J connectivity index is 1.47. The van der Waals surface area contributed by atoms with Crippen molar-refractivity contribution in [2.24, 2.45) is 17.3 Å². The van der Waals surface area contributed by atoms with Gasteiger partial charge in [0, 0.05) is 24.7 Å². The topological polar surface area (TPSA) is 88.7 Å². The maximum Gasteiger partial charge on any atom is 0.287 e. The highest BCUT2D eigenvalue weighted by Gasteiger charge is 2.29.